The number of aryl methyl sites for hydroxylation is 1. The van der Waals surface area contributed by atoms with Crippen molar-refractivity contribution in [1.29, 1.82) is 0 Å². The van der Waals surface area contributed by atoms with Gasteiger partial charge < -0.3 is 20.3 Å². The minimum absolute atomic E-state index is 0. The molecule has 1 aliphatic heterocycles. The summed E-state index contributed by atoms with van der Waals surface area (Å²) in [5, 5.41) is 6.82. The van der Waals surface area contributed by atoms with E-state index in [2.05, 4.69) is 27.8 Å². The molecule has 0 saturated carbocycles. The van der Waals surface area contributed by atoms with Crippen LogP contribution in [0.25, 0.3) is 0 Å². The third-order valence-corrected chi connectivity index (χ3v) is 4.90. The van der Waals surface area contributed by atoms with Gasteiger partial charge in [-0.2, -0.15) is 0 Å². The summed E-state index contributed by atoms with van der Waals surface area (Å²) in [6, 6.07) is 8.54. The first kappa shape index (κ1) is 24.5. The van der Waals surface area contributed by atoms with Gasteiger partial charge in [-0.3, -0.25) is 9.79 Å². The van der Waals surface area contributed by atoms with Crippen molar-refractivity contribution in [3.05, 3.63) is 29.8 Å². The molecule has 0 aromatic heterocycles. The van der Waals surface area contributed by atoms with Gasteiger partial charge in [0.15, 0.2) is 5.96 Å². The molecule has 2 rings (SSSR count). The molecule has 0 spiro atoms. The number of hydrogen-bond acceptors (Lipinski definition) is 3. The van der Waals surface area contributed by atoms with Gasteiger partial charge in [0.2, 0.25) is 5.91 Å². The van der Waals surface area contributed by atoms with Gasteiger partial charge in [0, 0.05) is 38.6 Å². The van der Waals surface area contributed by atoms with E-state index in [9.17, 15) is 4.79 Å². The fraction of sp³-hybridized carbons (Fsp3) is 0.619. The summed E-state index contributed by atoms with van der Waals surface area (Å²) in [5.74, 6) is 2.02. The highest BCUT2D eigenvalue weighted by Gasteiger charge is 2.27. The number of amides is 1. The molecule has 1 fully saturated rings. The molecule has 0 bridgehead atoms. The van der Waals surface area contributed by atoms with Crippen LogP contribution in [0.4, 0.5) is 0 Å². The molecule has 1 aromatic rings. The van der Waals surface area contributed by atoms with Crippen LogP contribution < -0.4 is 15.4 Å². The monoisotopic (exact) mass is 502 g/mol. The van der Waals surface area contributed by atoms with E-state index in [-0.39, 0.29) is 41.8 Å². The van der Waals surface area contributed by atoms with E-state index in [4.69, 9.17) is 4.74 Å². The van der Waals surface area contributed by atoms with Crippen molar-refractivity contribution in [2.75, 3.05) is 33.8 Å². The Bertz CT molecular complexity index is 619. The molecule has 1 amide bonds. The van der Waals surface area contributed by atoms with Gasteiger partial charge >= 0.3 is 0 Å². The van der Waals surface area contributed by atoms with E-state index in [0.29, 0.717) is 0 Å². The number of nitrogens with one attached hydrogen (secondary N) is 2. The van der Waals surface area contributed by atoms with Crippen LogP contribution in [0.5, 0.6) is 5.75 Å². The van der Waals surface area contributed by atoms with E-state index in [1.165, 1.54) is 5.56 Å². The van der Waals surface area contributed by atoms with Crippen molar-refractivity contribution in [2.24, 2.45) is 10.9 Å². The van der Waals surface area contributed by atoms with Gasteiger partial charge in [0.05, 0.1) is 7.11 Å². The Morgan fingerprint density at radius 2 is 2.00 bits per heavy atom. The summed E-state index contributed by atoms with van der Waals surface area (Å²) in [6.45, 7) is 6.38. The minimum atomic E-state index is 0. The summed E-state index contributed by atoms with van der Waals surface area (Å²) in [6.07, 6.45) is 4.23. The molecule has 28 heavy (non-hydrogen) atoms. The number of benzene rings is 1. The maximum Gasteiger partial charge on any atom is 0.225 e. The number of carbonyl (C=O) groups is 1. The SMILES string of the molecule is CN=C(NCCCCc1ccc(OC)cc1)NC1CCN(C(=O)C(C)C)C1.I. The molecule has 2 N–H and O–H groups in total. The lowest BCUT2D eigenvalue weighted by Gasteiger charge is -2.20. The smallest absolute Gasteiger partial charge is 0.225 e. The number of methoxy groups -OCH3 is 1. The van der Waals surface area contributed by atoms with Crippen LogP contribution in [0.1, 0.15) is 38.7 Å². The summed E-state index contributed by atoms with van der Waals surface area (Å²) in [4.78, 5) is 18.3. The number of ether oxygens (including phenoxy) is 1. The van der Waals surface area contributed by atoms with Crippen molar-refractivity contribution in [3.63, 3.8) is 0 Å². The third kappa shape index (κ3) is 7.85. The first-order chi connectivity index (χ1) is 13.0. The highest BCUT2D eigenvalue weighted by atomic mass is 127. The number of halogens is 1. The van der Waals surface area contributed by atoms with Crippen molar-refractivity contribution >= 4 is 35.8 Å². The van der Waals surface area contributed by atoms with Crippen LogP contribution >= 0.6 is 24.0 Å². The predicted molar refractivity (Wildman–Crippen MR) is 126 cm³/mol. The van der Waals surface area contributed by atoms with E-state index in [1.54, 1.807) is 14.2 Å². The summed E-state index contributed by atoms with van der Waals surface area (Å²) in [5.41, 5.74) is 1.33. The Morgan fingerprint density at radius 3 is 2.61 bits per heavy atom. The molecular weight excluding hydrogens is 467 g/mol. The largest absolute Gasteiger partial charge is 0.497 e. The van der Waals surface area contributed by atoms with Gasteiger partial charge in [-0.1, -0.05) is 26.0 Å². The maximum atomic E-state index is 12.1. The van der Waals surface area contributed by atoms with E-state index in [0.717, 1.165) is 57.0 Å². The number of hydrogen-bond donors (Lipinski definition) is 2. The first-order valence-corrected chi connectivity index (χ1v) is 9.92. The minimum Gasteiger partial charge on any atom is -0.497 e. The summed E-state index contributed by atoms with van der Waals surface area (Å²) < 4.78 is 5.18. The van der Waals surface area contributed by atoms with Crippen molar-refractivity contribution in [3.8, 4) is 5.75 Å². The van der Waals surface area contributed by atoms with Crippen molar-refractivity contribution in [2.45, 2.75) is 45.6 Å². The number of carbonyl (C=O) groups excluding carboxylic acids is 1. The lowest BCUT2D eigenvalue weighted by molar-refractivity contribution is -0.133. The lowest BCUT2D eigenvalue weighted by atomic mass is 10.1. The second-order valence-corrected chi connectivity index (χ2v) is 7.37. The Labute approximate surface area is 186 Å². The fourth-order valence-electron chi connectivity index (χ4n) is 3.28. The average molecular weight is 502 g/mol. The van der Waals surface area contributed by atoms with Crippen molar-refractivity contribution in [1.82, 2.24) is 15.5 Å². The molecule has 1 atom stereocenters. The van der Waals surface area contributed by atoms with Crippen LogP contribution in [0.2, 0.25) is 0 Å². The highest BCUT2D eigenvalue weighted by Crippen LogP contribution is 2.14. The predicted octanol–water partition coefficient (Wildman–Crippen LogP) is 3.06. The summed E-state index contributed by atoms with van der Waals surface area (Å²) >= 11 is 0. The van der Waals surface area contributed by atoms with Crippen LogP contribution in [-0.4, -0.2) is 56.6 Å². The molecule has 1 heterocycles. The molecule has 1 aliphatic rings. The molecule has 1 aromatic carbocycles. The van der Waals surface area contributed by atoms with E-state index in [1.807, 2.05) is 30.9 Å². The Morgan fingerprint density at radius 1 is 1.29 bits per heavy atom. The molecule has 0 aliphatic carbocycles. The highest BCUT2D eigenvalue weighted by molar-refractivity contribution is 14.0. The molecular formula is C21H35IN4O2. The van der Waals surface area contributed by atoms with Crippen LogP contribution in [0.15, 0.2) is 29.3 Å². The van der Waals surface area contributed by atoms with Gasteiger partial charge in [0.1, 0.15) is 5.75 Å². The number of guanidine groups is 1. The topological polar surface area (TPSA) is 66.0 Å². The standard InChI is InChI=1S/C21H34N4O2.HI/c1-16(2)20(26)25-14-12-18(15-25)24-21(22-3)23-13-6-5-7-17-8-10-19(27-4)11-9-17;/h8-11,16,18H,5-7,12-15H2,1-4H3,(H2,22,23,24);1H. The molecule has 1 saturated heterocycles. The fourth-order valence-corrected chi connectivity index (χ4v) is 3.28. The average Bonchev–Trinajstić information content (AvgIpc) is 3.15. The molecule has 7 heteroatoms. The molecule has 0 radical (unpaired) electrons. The van der Waals surface area contributed by atoms with Crippen LogP contribution in [-0.2, 0) is 11.2 Å². The normalized spacial score (nSPS) is 16.7. The van der Waals surface area contributed by atoms with Gasteiger partial charge in [-0.15, -0.1) is 24.0 Å². The van der Waals surface area contributed by atoms with Crippen LogP contribution in [0, 0.1) is 5.92 Å². The van der Waals surface area contributed by atoms with Gasteiger partial charge in [-0.05, 0) is 43.4 Å². The Hall–Kier alpha value is -1.51. The van der Waals surface area contributed by atoms with E-state index < -0.39 is 0 Å². The first-order valence-electron chi connectivity index (χ1n) is 9.92. The Kier molecular flexibility index (Phi) is 11.3. The third-order valence-electron chi connectivity index (χ3n) is 4.90. The summed E-state index contributed by atoms with van der Waals surface area (Å²) in [7, 11) is 3.48. The van der Waals surface area contributed by atoms with Crippen LogP contribution in [0.3, 0.4) is 0 Å². The molecule has 158 valence electrons. The number of nitrogens with zero attached hydrogens (tertiary/aromatic N) is 2. The van der Waals surface area contributed by atoms with Gasteiger partial charge in [0.25, 0.3) is 0 Å². The number of aliphatic imine (C=N–C) groups is 1. The number of likely N-dealkylation sites (tertiary alicyclic amines) is 1. The van der Waals surface area contributed by atoms with E-state index >= 15 is 0 Å². The number of rotatable bonds is 8. The second kappa shape index (κ2) is 12.9. The molecule has 1 unspecified atom stereocenters. The zero-order valence-corrected chi connectivity index (χ0v) is 19.9. The molecule has 6 nitrogen and oxygen atoms in total. The number of unbranched alkanes of at least 4 members (excludes halogenated alkanes) is 1. The van der Waals surface area contributed by atoms with Gasteiger partial charge in [-0.25, -0.2) is 0 Å². The maximum absolute atomic E-state index is 12.1. The second-order valence-electron chi connectivity index (χ2n) is 7.37. The zero-order valence-electron chi connectivity index (χ0n) is 17.5. The van der Waals surface area contributed by atoms with Crippen molar-refractivity contribution < 1.29 is 9.53 Å². The zero-order chi connectivity index (χ0) is 19.6. The Balaban J connectivity index is 0.00000392. The quantitative estimate of drug-likeness (QED) is 0.248. The lowest BCUT2D eigenvalue weighted by Crippen LogP contribution is -2.45.